The van der Waals surface area contributed by atoms with E-state index in [4.69, 9.17) is 0 Å². The summed E-state index contributed by atoms with van der Waals surface area (Å²) < 4.78 is 0.813. The molecule has 1 unspecified atom stereocenters. The highest BCUT2D eigenvalue weighted by atomic mass is 79.9. The quantitative estimate of drug-likeness (QED) is 0.818. The van der Waals surface area contributed by atoms with Gasteiger partial charge in [-0.2, -0.15) is 0 Å². The predicted molar refractivity (Wildman–Crippen MR) is 84.8 cm³/mol. The van der Waals surface area contributed by atoms with E-state index < -0.39 is 0 Å². The average molecular weight is 340 g/mol. The van der Waals surface area contributed by atoms with Crippen LogP contribution in [0.3, 0.4) is 0 Å². The molecule has 0 radical (unpaired) electrons. The number of halogens is 1. The van der Waals surface area contributed by atoms with Crippen molar-refractivity contribution < 1.29 is 0 Å². The van der Waals surface area contributed by atoms with Crippen LogP contribution in [0.25, 0.3) is 0 Å². The molecule has 1 atom stereocenters. The van der Waals surface area contributed by atoms with Crippen molar-refractivity contribution >= 4 is 33.1 Å². The molecular weight excluding hydrogens is 322 g/mol. The molecule has 102 valence electrons. The van der Waals surface area contributed by atoms with Crippen molar-refractivity contribution in [3.63, 3.8) is 0 Å². The molecule has 0 aliphatic heterocycles. The smallest absolute Gasteiger partial charge is 0.137 e. The summed E-state index contributed by atoms with van der Waals surface area (Å²) >= 11 is 5.20. The van der Waals surface area contributed by atoms with E-state index in [1.165, 1.54) is 4.88 Å². The summed E-state index contributed by atoms with van der Waals surface area (Å²) in [7, 11) is 0. The lowest BCUT2D eigenvalue weighted by molar-refractivity contribution is 0.544. The first-order valence-electron chi connectivity index (χ1n) is 6.21. The summed E-state index contributed by atoms with van der Waals surface area (Å²) in [4.78, 5) is 10.3. The van der Waals surface area contributed by atoms with E-state index in [0.29, 0.717) is 0 Å². The maximum atomic E-state index is 4.61. The molecule has 19 heavy (non-hydrogen) atoms. The van der Waals surface area contributed by atoms with Gasteiger partial charge in [-0.05, 0) is 34.3 Å². The minimum atomic E-state index is -0.0631. The monoisotopic (exact) mass is 339 g/mol. The minimum absolute atomic E-state index is 0.0631. The number of anilines is 1. The van der Waals surface area contributed by atoms with Gasteiger partial charge in [0.15, 0.2) is 0 Å². The fourth-order valence-corrected chi connectivity index (χ4v) is 2.78. The second-order valence-corrected chi connectivity index (χ2v) is 7.32. The van der Waals surface area contributed by atoms with Gasteiger partial charge in [-0.1, -0.05) is 26.8 Å². The van der Waals surface area contributed by atoms with Gasteiger partial charge in [-0.3, -0.25) is 0 Å². The molecule has 0 aliphatic carbocycles. The van der Waals surface area contributed by atoms with E-state index in [0.717, 1.165) is 16.2 Å². The number of hydrogen-bond donors (Lipinski definition) is 1. The lowest BCUT2D eigenvalue weighted by Gasteiger charge is -2.19. The molecule has 0 aromatic carbocycles. The largest absolute Gasteiger partial charge is 0.363 e. The van der Waals surface area contributed by atoms with Gasteiger partial charge in [-0.25, -0.2) is 9.97 Å². The van der Waals surface area contributed by atoms with E-state index in [1.54, 1.807) is 11.3 Å². The molecule has 2 rings (SSSR count). The average Bonchev–Trinajstić information content (AvgIpc) is 2.80. The number of aromatic nitrogens is 2. The summed E-state index contributed by atoms with van der Waals surface area (Å²) in [5.41, 5.74) is -0.0631. The van der Waals surface area contributed by atoms with Crippen LogP contribution in [0.4, 0.5) is 5.82 Å². The number of hydrogen-bond acceptors (Lipinski definition) is 4. The lowest BCUT2D eigenvalue weighted by atomic mass is 9.96. The molecule has 1 N–H and O–H groups in total. The van der Waals surface area contributed by atoms with Crippen LogP contribution in [0.2, 0.25) is 0 Å². The van der Waals surface area contributed by atoms with Crippen LogP contribution in [0, 0.1) is 0 Å². The van der Waals surface area contributed by atoms with Gasteiger partial charge in [0, 0.05) is 16.4 Å². The van der Waals surface area contributed by atoms with E-state index in [-0.39, 0.29) is 11.5 Å². The number of thiophene rings is 1. The SMILES string of the molecule is CC(Nc1cc(Br)nc(C(C)(C)C)n1)c1cccs1. The van der Waals surface area contributed by atoms with Crippen molar-refractivity contribution in [2.75, 3.05) is 5.32 Å². The maximum absolute atomic E-state index is 4.61. The van der Waals surface area contributed by atoms with Crippen molar-refractivity contribution in [2.24, 2.45) is 0 Å². The van der Waals surface area contributed by atoms with Crippen LogP contribution in [0.1, 0.15) is 44.4 Å². The van der Waals surface area contributed by atoms with Crippen LogP contribution in [-0.4, -0.2) is 9.97 Å². The Labute approximate surface area is 126 Å². The number of rotatable bonds is 3. The minimum Gasteiger partial charge on any atom is -0.363 e. The molecule has 0 amide bonds. The van der Waals surface area contributed by atoms with Gasteiger partial charge in [0.25, 0.3) is 0 Å². The zero-order valence-corrected chi connectivity index (χ0v) is 14.0. The Morgan fingerprint density at radius 1 is 1.32 bits per heavy atom. The molecule has 0 bridgehead atoms. The number of nitrogens with one attached hydrogen (secondary N) is 1. The van der Waals surface area contributed by atoms with Crippen LogP contribution in [-0.2, 0) is 5.41 Å². The maximum Gasteiger partial charge on any atom is 0.137 e. The fourth-order valence-electron chi connectivity index (χ4n) is 1.66. The standard InChI is InChI=1S/C14H18BrN3S/c1-9(10-6-5-7-19-10)16-12-8-11(15)17-13(18-12)14(2,3)4/h5-9H,1-4H3,(H,16,17,18). The molecule has 5 heteroatoms. The highest BCUT2D eigenvalue weighted by molar-refractivity contribution is 9.10. The molecule has 3 nitrogen and oxygen atoms in total. The van der Waals surface area contributed by atoms with Crippen molar-refractivity contribution in [3.05, 3.63) is 38.9 Å². The molecule has 2 aromatic rings. The summed E-state index contributed by atoms with van der Waals surface area (Å²) in [5, 5.41) is 5.51. The first kappa shape index (κ1) is 14.5. The van der Waals surface area contributed by atoms with Crippen LogP contribution in [0.5, 0.6) is 0 Å². The number of nitrogens with zero attached hydrogens (tertiary/aromatic N) is 2. The Morgan fingerprint density at radius 3 is 2.63 bits per heavy atom. The third-order valence-electron chi connectivity index (χ3n) is 2.70. The third kappa shape index (κ3) is 3.76. The van der Waals surface area contributed by atoms with Crippen LogP contribution >= 0.6 is 27.3 Å². The lowest BCUT2D eigenvalue weighted by Crippen LogP contribution is -2.18. The third-order valence-corrected chi connectivity index (χ3v) is 4.16. The molecule has 2 heterocycles. The Balaban J connectivity index is 2.23. The fraction of sp³-hybridized carbons (Fsp3) is 0.429. The van der Waals surface area contributed by atoms with Gasteiger partial charge < -0.3 is 5.32 Å². The first-order chi connectivity index (χ1) is 8.86. The molecule has 0 saturated heterocycles. The molecule has 2 aromatic heterocycles. The zero-order valence-electron chi connectivity index (χ0n) is 11.6. The predicted octanol–water partition coefficient (Wildman–Crippen LogP) is 4.77. The van der Waals surface area contributed by atoms with Gasteiger partial charge in [0.05, 0.1) is 6.04 Å². The summed E-state index contributed by atoms with van der Waals surface area (Å²) in [6, 6.07) is 6.35. The van der Waals surface area contributed by atoms with Crippen molar-refractivity contribution in [3.8, 4) is 0 Å². The van der Waals surface area contributed by atoms with E-state index >= 15 is 0 Å². The van der Waals surface area contributed by atoms with Crippen molar-refractivity contribution in [2.45, 2.75) is 39.2 Å². The molecule has 0 spiro atoms. The van der Waals surface area contributed by atoms with Gasteiger partial charge in [-0.15, -0.1) is 11.3 Å². The highest BCUT2D eigenvalue weighted by Gasteiger charge is 2.19. The van der Waals surface area contributed by atoms with Gasteiger partial charge in [0.2, 0.25) is 0 Å². The Hall–Kier alpha value is -0.940. The summed E-state index contributed by atoms with van der Waals surface area (Å²) in [6.45, 7) is 8.47. The molecule has 0 aliphatic rings. The van der Waals surface area contributed by atoms with Crippen LogP contribution in [0.15, 0.2) is 28.2 Å². The molecular formula is C14H18BrN3S. The summed E-state index contributed by atoms with van der Waals surface area (Å²) in [6.07, 6.45) is 0. The van der Waals surface area contributed by atoms with Gasteiger partial charge in [0.1, 0.15) is 16.2 Å². The van der Waals surface area contributed by atoms with Crippen molar-refractivity contribution in [1.82, 2.24) is 9.97 Å². The van der Waals surface area contributed by atoms with Crippen LogP contribution < -0.4 is 5.32 Å². The summed E-state index contributed by atoms with van der Waals surface area (Å²) in [5.74, 6) is 1.69. The van der Waals surface area contributed by atoms with Gasteiger partial charge >= 0.3 is 0 Å². The Bertz CT molecular complexity index is 546. The topological polar surface area (TPSA) is 37.8 Å². The Kier molecular flexibility index (Phi) is 4.26. The molecule has 0 saturated carbocycles. The molecule has 0 fully saturated rings. The van der Waals surface area contributed by atoms with E-state index in [2.05, 4.69) is 76.4 Å². The highest BCUT2D eigenvalue weighted by Crippen LogP contribution is 2.26. The second-order valence-electron chi connectivity index (χ2n) is 5.53. The Morgan fingerprint density at radius 2 is 2.05 bits per heavy atom. The van der Waals surface area contributed by atoms with E-state index in [9.17, 15) is 0 Å². The zero-order chi connectivity index (χ0) is 14.0. The normalized spacial score (nSPS) is 13.3. The first-order valence-corrected chi connectivity index (χ1v) is 7.88. The van der Waals surface area contributed by atoms with E-state index in [1.807, 2.05) is 6.07 Å². The van der Waals surface area contributed by atoms with Crippen molar-refractivity contribution in [1.29, 1.82) is 0 Å². The second kappa shape index (κ2) is 5.59.